The number of hydrogen-bond donors (Lipinski definition) is 2. The number of aliphatic hydroxyl groups excluding tert-OH is 1. The molecule has 1 aromatic carbocycles. The number of benzene rings is 1. The molecule has 4 nitrogen and oxygen atoms in total. The summed E-state index contributed by atoms with van der Waals surface area (Å²) in [7, 11) is 0. The van der Waals surface area contributed by atoms with Gasteiger partial charge in [-0.2, -0.15) is 0 Å². The fourth-order valence-electron chi connectivity index (χ4n) is 3.98. The SMILES string of the molecule is N[C@@H]1C[C@@H](C(=O)N2CCC(Cc3ccccc3)CC2)CC[C@H]1O. The van der Waals surface area contributed by atoms with Crippen molar-refractivity contribution in [1.82, 2.24) is 4.90 Å². The van der Waals surface area contributed by atoms with Gasteiger partial charge in [0, 0.05) is 25.0 Å². The molecule has 1 saturated carbocycles. The second kappa shape index (κ2) is 7.45. The maximum absolute atomic E-state index is 12.7. The van der Waals surface area contributed by atoms with Crippen molar-refractivity contribution >= 4 is 5.91 Å². The average Bonchev–Trinajstić information content (AvgIpc) is 2.58. The zero-order chi connectivity index (χ0) is 16.2. The van der Waals surface area contributed by atoms with Crippen LogP contribution in [0.25, 0.3) is 0 Å². The smallest absolute Gasteiger partial charge is 0.225 e. The molecule has 2 aliphatic rings. The number of carbonyl (C=O) groups excluding carboxylic acids is 1. The number of hydrogen-bond acceptors (Lipinski definition) is 3. The maximum atomic E-state index is 12.7. The lowest BCUT2D eigenvalue weighted by Crippen LogP contribution is -2.47. The molecule has 0 aromatic heterocycles. The largest absolute Gasteiger partial charge is 0.392 e. The fraction of sp³-hybridized carbons (Fsp3) is 0.632. The van der Waals surface area contributed by atoms with Crippen LogP contribution in [-0.4, -0.2) is 41.1 Å². The molecule has 0 spiro atoms. The summed E-state index contributed by atoms with van der Waals surface area (Å²) in [5.74, 6) is 0.946. The zero-order valence-electron chi connectivity index (χ0n) is 13.7. The van der Waals surface area contributed by atoms with Crippen molar-refractivity contribution in [3.8, 4) is 0 Å². The Labute approximate surface area is 138 Å². The van der Waals surface area contributed by atoms with Gasteiger partial charge in [-0.05, 0) is 50.0 Å². The highest BCUT2D eigenvalue weighted by Crippen LogP contribution is 2.28. The van der Waals surface area contributed by atoms with E-state index in [1.54, 1.807) is 0 Å². The third-order valence-corrected chi connectivity index (χ3v) is 5.50. The van der Waals surface area contributed by atoms with E-state index in [4.69, 9.17) is 5.73 Å². The Balaban J connectivity index is 1.48. The lowest BCUT2D eigenvalue weighted by Gasteiger charge is -2.37. The first-order chi connectivity index (χ1) is 11.1. The van der Waals surface area contributed by atoms with E-state index < -0.39 is 6.10 Å². The highest BCUT2D eigenvalue weighted by Gasteiger charge is 2.34. The van der Waals surface area contributed by atoms with Crippen molar-refractivity contribution in [3.05, 3.63) is 35.9 Å². The molecule has 4 heteroatoms. The summed E-state index contributed by atoms with van der Waals surface area (Å²) in [4.78, 5) is 14.7. The van der Waals surface area contributed by atoms with Gasteiger partial charge in [-0.15, -0.1) is 0 Å². The Hall–Kier alpha value is -1.39. The molecule has 0 unspecified atom stereocenters. The first-order valence-corrected chi connectivity index (χ1v) is 8.90. The van der Waals surface area contributed by atoms with Gasteiger partial charge in [-0.25, -0.2) is 0 Å². The number of carbonyl (C=O) groups is 1. The number of aliphatic hydroxyl groups is 1. The van der Waals surface area contributed by atoms with Crippen molar-refractivity contribution < 1.29 is 9.90 Å². The third-order valence-electron chi connectivity index (χ3n) is 5.50. The van der Waals surface area contributed by atoms with E-state index in [2.05, 4.69) is 30.3 Å². The summed E-state index contributed by atoms with van der Waals surface area (Å²) < 4.78 is 0. The minimum atomic E-state index is -0.435. The molecular weight excluding hydrogens is 288 g/mol. The molecule has 3 rings (SSSR count). The molecule has 1 saturated heterocycles. The number of amides is 1. The predicted octanol–water partition coefficient (Wildman–Crippen LogP) is 1.96. The first kappa shape index (κ1) is 16.5. The Morgan fingerprint density at radius 1 is 1.13 bits per heavy atom. The van der Waals surface area contributed by atoms with Gasteiger partial charge in [-0.3, -0.25) is 4.79 Å². The van der Waals surface area contributed by atoms with Gasteiger partial charge in [0.2, 0.25) is 5.91 Å². The van der Waals surface area contributed by atoms with Crippen LogP contribution in [0.3, 0.4) is 0 Å². The van der Waals surface area contributed by atoms with Gasteiger partial charge in [0.1, 0.15) is 0 Å². The van der Waals surface area contributed by atoms with Crippen molar-refractivity contribution in [2.45, 2.75) is 50.7 Å². The lowest BCUT2D eigenvalue weighted by atomic mass is 9.82. The summed E-state index contributed by atoms with van der Waals surface area (Å²) in [6.07, 6.45) is 4.91. The van der Waals surface area contributed by atoms with Crippen molar-refractivity contribution in [2.75, 3.05) is 13.1 Å². The number of piperidine rings is 1. The number of nitrogens with two attached hydrogens (primary N) is 1. The van der Waals surface area contributed by atoms with Crippen molar-refractivity contribution in [1.29, 1.82) is 0 Å². The van der Waals surface area contributed by atoms with Gasteiger partial charge in [0.25, 0.3) is 0 Å². The van der Waals surface area contributed by atoms with Gasteiger partial charge in [0.05, 0.1) is 6.10 Å². The normalized spacial score (nSPS) is 29.5. The average molecular weight is 316 g/mol. The van der Waals surface area contributed by atoms with E-state index >= 15 is 0 Å². The third kappa shape index (κ3) is 4.12. The minimum absolute atomic E-state index is 0.0130. The van der Waals surface area contributed by atoms with Crippen LogP contribution in [0.1, 0.15) is 37.7 Å². The van der Waals surface area contributed by atoms with E-state index in [0.717, 1.165) is 38.8 Å². The van der Waals surface area contributed by atoms with Crippen LogP contribution in [0.5, 0.6) is 0 Å². The standard InChI is InChI=1S/C19H28N2O2/c20-17-13-16(6-7-18(17)22)19(23)21-10-8-15(9-11-21)12-14-4-2-1-3-5-14/h1-5,15-18,22H,6-13,20H2/t16-,17+,18+/m0/s1. The first-order valence-electron chi connectivity index (χ1n) is 8.90. The monoisotopic (exact) mass is 316 g/mol. The molecule has 2 fully saturated rings. The molecule has 0 radical (unpaired) electrons. The lowest BCUT2D eigenvalue weighted by molar-refractivity contribution is -0.139. The molecule has 1 heterocycles. The van der Waals surface area contributed by atoms with Crippen molar-refractivity contribution in [2.24, 2.45) is 17.6 Å². The van der Waals surface area contributed by atoms with Crippen LogP contribution in [0.4, 0.5) is 0 Å². The van der Waals surface area contributed by atoms with Gasteiger partial charge < -0.3 is 15.7 Å². The maximum Gasteiger partial charge on any atom is 0.225 e. The van der Waals surface area contributed by atoms with Crippen LogP contribution >= 0.6 is 0 Å². The van der Waals surface area contributed by atoms with Crippen LogP contribution in [-0.2, 0) is 11.2 Å². The molecule has 3 N–H and O–H groups in total. The van der Waals surface area contributed by atoms with Crippen LogP contribution < -0.4 is 5.73 Å². The van der Waals surface area contributed by atoms with Gasteiger partial charge >= 0.3 is 0 Å². The summed E-state index contributed by atoms with van der Waals surface area (Å²) >= 11 is 0. The highest BCUT2D eigenvalue weighted by molar-refractivity contribution is 5.79. The Morgan fingerprint density at radius 3 is 2.48 bits per heavy atom. The van der Waals surface area contributed by atoms with Crippen LogP contribution in [0.15, 0.2) is 30.3 Å². The summed E-state index contributed by atoms with van der Waals surface area (Å²) in [6.45, 7) is 1.73. The summed E-state index contributed by atoms with van der Waals surface area (Å²) in [6, 6.07) is 10.4. The van der Waals surface area contributed by atoms with Crippen LogP contribution in [0.2, 0.25) is 0 Å². The zero-order valence-corrected chi connectivity index (χ0v) is 13.7. The van der Waals surface area contributed by atoms with Crippen LogP contribution in [0, 0.1) is 11.8 Å². The number of rotatable bonds is 3. The molecular formula is C19H28N2O2. The molecule has 0 bridgehead atoms. The van der Waals surface area contributed by atoms with Gasteiger partial charge in [0.15, 0.2) is 0 Å². The molecule has 1 aliphatic heterocycles. The number of nitrogens with zero attached hydrogens (tertiary/aromatic N) is 1. The summed E-state index contributed by atoms with van der Waals surface area (Å²) in [5, 5.41) is 9.71. The highest BCUT2D eigenvalue weighted by atomic mass is 16.3. The topological polar surface area (TPSA) is 66.6 Å². The molecule has 3 atom stereocenters. The van der Waals surface area contributed by atoms with E-state index in [1.165, 1.54) is 5.56 Å². The minimum Gasteiger partial charge on any atom is -0.392 e. The molecule has 1 aliphatic carbocycles. The van der Waals surface area contributed by atoms with E-state index in [9.17, 15) is 9.90 Å². The predicted molar refractivity (Wildman–Crippen MR) is 90.8 cm³/mol. The summed E-state index contributed by atoms with van der Waals surface area (Å²) in [5.41, 5.74) is 7.32. The quantitative estimate of drug-likeness (QED) is 0.896. The van der Waals surface area contributed by atoms with Gasteiger partial charge in [-0.1, -0.05) is 30.3 Å². The second-order valence-electron chi connectivity index (χ2n) is 7.20. The Bertz CT molecular complexity index is 511. The fourth-order valence-corrected chi connectivity index (χ4v) is 3.98. The molecule has 1 amide bonds. The second-order valence-corrected chi connectivity index (χ2v) is 7.20. The molecule has 23 heavy (non-hydrogen) atoms. The van der Waals surface area contributed by atoms with E-state index in [0.29, 0.717) is 18.8 Å². The van der Waals surface area contributed by atoms with E-state index in [-0.39, 0.29) is 17.9 Å². The number of likely N-dealkylation sites (tertiary alicyclic amines) is 1. The van der Waals surface area contributed by atoms with E-state index in [1.807, 2.05) is 4.90 Å². The Morgan fingerprint density at radius 2 is 1.83 bits per heavy atom. The Kier molecular flexibility index (Phi) is 5.34. The van der Waals surface area contributed by atoms with Crippen molar-refractivity contribution in [3.63, 3.8) is 0 Å². The molecule has 1 aromatic rings. The molecule has 126 valence electrons.